The summed E-state index contributed by atoms with van der Waals surface area (Å²) in [6, 6.07) is 16.1. The standard InChI is InChI=1S/C19H16N6O2S2/c1-13(26)24(15-5-3-2-4-6-15)18-20-14(11-28-18)12-29-19-21-22-23-25(19)16-7-9-17(27)10-8-16/h2-11,27H,12H2,1H3. The summed E-state index contributed by atoms with van der Waals surface area (Å²) >= 11 is 2.85. The summed E-state index contributed by atoms with van der Waals surface area (Å²) in [6.45, 7) is 1.52. The summed E-state index contributed by atoms with van der Waals surface area (Å²) in [5, 5.41) is 24.4. The Kier molecular flexibility index (Phi) is 5.54. The van der Waals surface area contributed by atoms with Crippen LogP contribution in [0.2, 0.25) is 0 Å². The van der Waals surface area contributed by atoms with E-state index in [0.29, 0.717) is 16.0 Å². The molecule has 2 heterocycles. The van der Waals surface area contributed by atoms with Crippen molar-refractivity contribution in [1.82, 2.24) is 25.2 Å². The second-order valence-electron chi connectivity index (χ2n) is 5.99. The molecule has 8 nitrogen and oxygen atoms in total. The number of para-hydroxylation sites is 1. The van der Waals surface area contributed by atoms with E-state index in [0.717, 1.165) is 17.1 Å². The Morgan fingerprint density at radius 2 is 1.93 bits per heavy atom. The van der Waals surface area contributed by atoms with Crippen molar-refractivity contribution in [1.29, 1.82) is 0 Å². The quantitative estimate of drug-likeness (QED) is 0.470. The summed E-state index contributed by atoms with van der Waals surface area (Å²) in [5.41, 5.74) is 2.36. The lowest BCUT2D eigenvalue weighted by Gasteiger charge is -2.17. The zero-order chi connectivity index (χ0) is 20.2. The molecule has 2 aromatic heterocycles. The number of anilines is 2. The van der Waals surface area contributed by atoms with Crippen molar-refractivity contribution in [2.75, 3.05) is 4.90 Å². The molecule has 4 rings (SSSR count). The fourth-order valence-electron chi connectivity index (χ4n) is 2.63. The SMILES string of the molecule is CC(=O)N(c1ccccc1)c1nc(CSc2nnnn2-c2ccc(O)cc2)cs1. The van der Waals surface area contributed by atoms with Crippen molar-refractivity contribution in [3.8, 4) is 11.4 Å². The number of rotatable bonds is 6. The number of tetrazole rings is 1. The molecule has 0 aliphatic heterocycles. The van der Waals surface area contributed by atoms with Crippen LogP contribution in [0.5, 0.6) is 5.75 Å². The molecule has 0 aliphatic rings. The van der Waals surface area contributed by atoms with Gasteiger partial charge in [0.05, 0.1) is 17.1 Å². The molecule has 0 bridgehead atoms. The lowest BCUT2D eigenvalue weighted by molar-refractivity contribution is -0.115. The van der Waals surface area contributed by atoms with Crippen LogP contribution in [0.15, 0.2) is 65.1 Å². The average Bonchev–Trinajstić information content (AvgIpc) is 3.37. The van der Waals surface area contributed by atoms with Gasteiger partial charge in [-0.15, -0.1) is 16.4 Å². The van der Waals surface area contributed by atoms with Crippen molar-refractivity contribution < 1.29 is 9.90 Å². The molecule has 0 aliphatic carbocycles. The first-order valence-electron chi connectivity index (χ1n) is 8.62. The lowest BCUT2D eigenvalue weighted by atomic mass is 10.3. The number of thioether (sulfide) groups is 1. The number of hydrogen-bond donors (Lipinski definition) is 1. The Balaban J connectivity index is 1.50. The molecule has 0 atom stereocenters. The van der Waals surface area contributed by atoms with E-state index < -0.39 is 0 Å². The van der Waals surface area contributed by atoms with Gasteiger partial charge >= 0.3 is 0 Å². The molecule has 0 fully saturated rings. The zero-order valence-electron chi connectivity index (χ0n) is 15.3. The van der Waals surface area contributed by atoms with Gasteiger partial charge in [0, 0.05) is 18.1 Å². The molecule has 4 aromatic rings. The van der Waals surface area contributed by atoms with Gasteiger partial charge < -0.3 is 5.11 Å². The fraction of sp³-hybridized carbons (Fsp3) is 0.105. The molecule has 1 N–H and O–H groups in total. The molecule has 0 saturated heterocycles. The van der Waals surface area contributed by atoms with Crippen LogP contribution in [0.4, 0.5) is 10.8 Å². The first-order valence-corrected chi connectivity index (χ1v) is 10.5. The van der Waals surface area contributed by atoms with Crippen molar-refractivity contribution >= 4 is 39.8 Å². The van der Waals surface area contributed by atoms with Crippen LogP contribution in [0, 0.1) is 0 Å². The van der Waals surface area contributed by atoms with E-state index in [2.05, 4.69) is 20.5 Å². The summed E-state index contributed by atoms with van der Waals surface area (Å²) in [4.78, 5) is 18.4. The Bertz CT molecular complexity index is 1110. The molecule has 146 valence electrons. The van der Waals surface area contributed by atoms with Crippen LogP contribution < -0.4 is 4.90 Å². The molecule has 0 unspecified atom stereocenters. The number of aromatic hydroxyl groups is 1. The maximum Gasteiger partial charge on any atom is 0.230 e. The Hall–Kier alpha value is -3.24. The third-order valence-corrected chi connectivity index (χ3v) is 5.77. The average molecular weight is 425 g/mol. The van der Waals surface area contributed by atoms with Crippen LogP contribution in [-0.2, 0) is 10.5 Å². The fourth-order valence-corrected chi connectivity index (χ4v) is 4.41. The molecule has 0 radical (unpaired) electrons. The third-order valence-electron chi connectivity index (χ3n) is 3.94. The number of hydrogen-bond acceptors (Lipinski definition) is 8. The van der Waals surface area contributed by atoms with Gasteiger partial charge in [0.25, 0.3) is 0 Å². The molecular formula is C19H16N6O2S2. The van der Waals surface area contributed by atoms with Crippen LogP contribution in [-0.4, -0.2) is 36.2 Å². The Morgan fingerprint density at radius 3 is 2.66 bits per heavy atom. The number of nitrogens with zero attached hydrogens (tertiary/aromatic N) is 6. The van der Waals surface area contributed by atoms with Crippen molar-refractivity contribution in [2.24, 2.45) is 0 Å². The van der Waals surface area contributed by atoms with E-state index in [4.69, 9.17) is 0 Å². The van der Waals surface area contributed by atoms with E-state index in [1.54, 1.807) is 33.8 Å². The van der Waals surface area contributed by atoms with Crippen molar-refractivity contribution in [3.63, 3.8) is 0 Å². The number of thiazole rings is 1. The van der Waals surface area contributed by atoms with Crippen LogP contribution in [0.3, 0.4) is 0 Å². The minimum Gasteiger partial charge on any atom is -0.508 e. The predicted octanol–water partition coefficient (Wildman–Crippen LogP) is 3.80. The minimum atomic E-state index is -0.0963. The molecule has 10 heteroatoms. The number of aromatic nitrogens is 5. The van der Waals surface area contributed by atoms with E-state index in [9.17, 15) is 9.90 Å². The smallest absolute Gasteiger partial charge is 0.230 e. The first kappa shape index (κ1) is 19.1. The van der Waals surface area contributed by atoms with E-state index >= 15 is 0 Å². The summed E-state index contributed by atoms with van der Waals surface area (Å²) < 4.78 is 1.60. The number of carbonyl (C=O) groups excluding carboxylic acids is 1. The highest BCUT2D eigenvalue weighted by molar-refractivity contribution is 7.98. The van der Waals surface area contributed by atoms with Gasteiger partial charge in [-0.05, 0) is 46.8 Å². The van der Waals surface area contributed by atoms with Gasteiger partial charge in [-0.3, -0.25) is 9.69 Å². The highest BCUT2D eigenvalue weighted by Gasteiger charge is 2.18. The predicted molar refractivity (Wildman–Crippen MR) is 112 cm³/mol. The van der Waals surface area contributed by atoms with Gasteiger partial charge in [-0.1, -0.05) is 30.0 Å². The minimum absolute atomic E-state index is 0.0963. The maximum absolute atomic E-state index is 12.2. The second kappa shape index (κ2) is 8.41. The summed E-state index contributed by atoms with van der Waals surface area (Å²) in [7, 11) is 0. The summed E-state index contributed by atoms with van der Waals surface area (Å²) in [6.07, 6.45) is 0. The zero-order valence-corrected chi connectivity index (χ0v) is 17.0. The van der Waals surface area contributed by atoms with Gasteiger partial charge in [-0.25, -0.2) is 4.98 Å². The second-order valence-corrected chi connectivity index (χ2v) is 7.77. The monoisotopic (exact) mass is 424 g/mol. The van der Waals surface area contributed by atoms with E-state index in [1.165, 1.54) is 30.0 Å². The largest absolute Gasteiger partial charge is 0.508 e. The van der Waals surface area contributed by atoms with Crippen molar-refractivity contribution in [2.45, 2.75) is 17.8 Å². The molecule has 0 saturated carbocycles. The van der Waals surface area contributed by atoms with E-state index in [1.807, 2.05) is 35.7 Å². The van der Waals surface area contributed by atoms with Crippen LogP contribution in [0.25, 0.3) is 5.69 Å². The number of amides is 1. The van der Waals surface area contributed by atoms with E-state index in [-0.39, 0.29) is 11.7 Å². The highest BCUT2D eigenvalue weighted by Crippen LogP contribution is 2.31. The highest BCUT2D eigenvalue weighted by atomic mass is 32.2. The first-order chi connectivity index (χ1) is 14.1. The molecule has 2 aromatic carbocycles. The van der Waals surface area contributed by atoms with Crippen LogP contribution >= 0.6 is 23.1 Å². The molecule has 0 spiro atoms. The normalized spacial score (nSPS) is 10.8. The van der Waals surface area contributed by atoms with Gasteiger partial charge in [0.1, 0.15) is 5.75 Å². The molecule has 1 amide bonds. The van der Waals surface area contributed by atoms with Gasteiger partial charge in [-0.2, -0.15) is 4.68 Å². The summed E-state index contributed by atoms with van der Waals surface area (Å²) in [5.74, 6) is 0.635. The van der Waals surface area contributed by atoms with Gasteiger partial charge in [0.15, 0.2) is 5.13 Å². The van der Waals surface area contributed by atoms with Gasteiger partial charge in [0.2, 0.25) is 11.1 Å². The lowest BCUT2D eigenvalue weighted by Crippen LogP contribution is -2.22. The Morgan fingerprint density at radius 1 is 1.17 bits per heavy atom. The maximum atomic E-state index is 12.2. The number of phenolic OH excluding ortho intramolecular Hbond substituents is 1. The topological polar surface area (TPSA) is 97.0 Å². The number of phenols is 1. The molecule has 29 heavy (non-hydrogen) atoms. The Labute approximate surface area is 174 Å². The number of carbonyl (C=O) groups is 1. The van der Waals surface area contributed by atoms with Crippen LogP contribution in [0.1, 0.15) is 12.6 Å². The number of benzene rings is 2. The molecular weight excluding hydrogens is 408 g/mol. The third kappa shape index (κ3) is 4.28. The van der Waals surface area contributed by atoms with Crippen molar-refractivity contribution in [3.05, 3.63) is 65.7 Å².